The standard InChI is InChI=1S/C20H24ClN5O4/c1-11-12(2)26-16-17(23(3)20(29)24(18(16)28)8-5-9-27)22-19(26)25(11)13-6-7-15(30-4)14(21)10-13/h6-7,10,16-17,27H,5,8-9H2,1-4H3. The number of methoxy groups -OCH3 is 1. The van der Waals surface area contributed by atoms with E-state index in [1.54, 1.807) is 26.3 Å². The van der Waals surface area contributed by atoms with Gasteiger partial charge in [-0.3, -0.25) is 19.5 Å². The third-order valence-electron chi connectivity index (χ3n) is 5.83. The molecule has 1 aromatic carbocycles. The number of guanidine groups is 1. The van der Waals surface area contributed by atoms with Crippen molar-refractivity contribution in [1.82, 2.24) is 14.7 Å². The van der Waals surface area contributed by atoms with E-state index in [0.29, 0.717) is 23.2 Å². The molecule has 30 heavy (non-hydrogen) atoms. The van der Waals surface area contributed by atoms with Crippen molar-refractivity contribution in [2.45, 2.75) is 32.5 Å². The molecule has 10 heteroatoms. The molecule has 0 bridgehead atoms. The fraction of sp³-hybridized carbons (Fsp3) is 0.450. The molecule has 1 N–H and O–H groups in total. The number of urea groups is 1. The molecule has 1 saturated heterocycles. The first-order valence-electron chi connectivity index (χ1n) is 9.69. The molecule has 4 rings (SSSR count). The van der Waals surface area contributed by atoms with E-state index in [9.17, 15) is 9.59 Å². The number of aliphatic hydroxyl groups excluding tert-OH is 1. The number of ether oxygens (including phenoxy) is 1. The molecule has 0 spiro atoms. The minimum Gasteiger partial charge on any atom is -0.495 e. The molecule has 2 atom stereocenters. The molecule has 160 valence electrons. The zero-order valence-electron chi connectivity index (χ0n) is 17.3. The summed E-state index contributed by atoms with van der Waals surface area (Å²) in [5, 5.41) is 9.61. The molecule has 3 aliphatic heterocycles. The number of aliphatic imine (C=N–C) groups is 1. The van der Waals surface area contributed by atoms with Gasteiger partial charge in [-0.1, -0.05) is 11.6 Å². The Bertz CT molecular complexity index is 978. The number of carbonyl (C=O) groups excluding carboxylic acids is 2. The van der Waals surface area contributed by atoms with Crippen LogP contribution in [0.25, 0.3) is 0 Å². The van der Waals surface area contributed by atoms with Gasteiger partial charge in [-0.2, -0.15) is 0 Å². The normalized spacial score (nSPS) is 23.3. The van der Waals surface area contributed by atoms with Crippen molar-refractivity contribution in [3.05, 3.63) is 34.6 Å². The fourth-order valence-electron chi connectivity index (χ4n) is 4.15. The number of allylic oxidation sites excluding steroid dienone is 2. The van der Waals surface area contributed by atoms with Gasteiger partial charge in [0, 0.05) is 31.6 Å². The third-order valence-corrected chi connectivity index (χ3v) is 6.12. The Labute approximate surface area is 179 Å². The van der Waals surface area contributed by atoms with Crippen LogP contribution in [0.4, 0.5) is 10.5 Å². The number of amides is 3. The van der Waals surface area contributed by atoms with Gasteiger partial charge in [-0.25, -0.2) is 9.79 Å². The molecular weight excluding hydrogens is 410 g/mol. The quantitative estimate of drug-likeness (QED) is 0.764. The van der Waals surface area contributed by atoms with Crippen molar-refractivity contribution in [1.29, 1.82) is 0 Å². The maximum atomic E-state index is 13.2. The van der Waals surface area contributed by atoms with Gasteiger partial charge in [-0.15, -0.1) is 0 Å². The Balaban J connectivity index is 1.74. The Hall–Kier alpha value is -2.78. The first-order chi connectivity index (χ1) is 14.3. The molecule has 1 fully saturated rings. The zero-order valence-corrected chi connectivity index (χ0v) is 18.0. The summed E-state index contributed by atoms with van der Waals surface area (Å²) in [7, 11) is 3.20. The smallest absolute Gasteiger partial charge is 0.328 e. The van der Waals surface area contributed by atoms with Gasteiger partial charge in [-0.05, 0) is 38.5 Å². The van der Waals surface area contributed by atoms with Crippen molar-refractivity contribution in [3.63, 3.8) is 0 Å². The van der Waals surface area contributed by atoms with Crippen LogP contribution in [0.15, 0.2) is 34.6 Å². The van der Waals surface area contributed by atoms with Gasteiger partial charge in [0.05, 0.1) is 17.8 Å². The SMILES string of the molecule is COc1ccc(N2C3=NC4C(C(=O)N(CCCO)C(=O)N4C)N3C(C)=C2C)cc1Cl. The third kappa shape index (κ3) is 2.84. The number of hydrogen-bond donors (Lipinski definition) is 1. The van der Waals surface area contributed by atoms with Gasteiger partial charge < -0.3 is 14.7 Å². The van der Waals surface area contributed by atoms with Crippen LogP contribution in [0.1, 0.15) is 20.3 Å². The van der Waals surface area contributed by atoms with Gasteiger partial charge in [0.15, 0.2) is 12.2 Å². The van der Waals surface area contributed by atoms with Crippen molar-refractivity contribution in [3.8, 4) is 5.75 Å². The summed E-state index contributed by atoms with van der Waals surface area (Å²) < 4.78 is 5.24. The maximum Gasteiger partial charge on any atom is 0.328 e. The number of aliphatic hydroxyl groups is 1. The summed E-state index contributed by atoms with van der Waals surface area (Å²) in [6, 6.07) is 4.39. The van der Waals surface area contributed by atoms with Gasteiger partial charge in [0.2, 0.25) is 5.96 Å². The van der Waals surface area contributed by atoms with Crippen LogP contribution >= 0.6 is 11.6 Å². The van der Waals surface area contributed by atoms with E-state index in [4.69, 9.17) is 26.4 Å². The summed E-state index contributed by atoms with van der Waals surface area (Å²) in [6.45, 7) is 3.96. The van der Waals surface area contributed by atoms with Crippen LogP contribution in [-0.2, 0) is 4.79 Å². The molecule has 3 aliphatic rings. The molecule has 9 nitrogen and oxygen atoms in total. The van der Waals surface area contributed by atoms with E-state index in [1.807, 2.05) is 29.7 Å². The topological polar surface area (TPSA) is 88.9 Å². The highest BCUT2D eigenvalue weighted by molar-refractivity contribution is 6.32. The minimum atomic E-state index is -0.643. The Kier molecular flexibility index (Phi) is 5.11. The minimum absolute atomic E-state index is 0.0929. The van der Waals surface area contributed by atoms with E-state index in [2.05, 4.69) is 0 Å². The predicted octanol–water partition coefficient (Wildman–Crippen LogP) is 2.06. The highest BCUT2D eigenvalue weighted by atomic mass is 35.5. The lowest BCUT2D eigenvalue weighted by Crippen LogP contribution is -2.64. The maximum absolute atomic E-state index is 13.2. The number of hydrogen-bond acceptors (Lipinski definition) is 7. The summed E-state index contributed by atoms with van der Waals surface area (Å²) in [4.78, 5) is 37.2. The number of fused-ring (bicyclic) bond motifs is 3. The first-order valence-corrected chi connectivity index (χ1v) is 10.1. The van der Waals surface area contributed by atoms with E-state index in [1.165, 1.54) is 9.80 Å². The second-order valence-corrected chi connectivity index (χ2v) is 7.85. The molecule has 0 radical (unpaired) electrons. The summed E-state index contributed by atoms with van der Waals surface area (Å²) >= 11 is 6.33. The van der Waals surface area contributed by atoms with E-state index in [-0.39, 0.29) is 19.1 Å². The highest BCUT2D eigenvalue weighted by Gasteiger charge is 2.55. The number of rotatable bonds is 5. The number of carbonyl (C=O) groups is 2. The second-order valence-electron chi connectivity index (χ2n) is 7.44. The average molecular weight is 434 g/mol. The summed E-state index contributed by atoms with van der Waals surface area (Å²) in [5.41, 5.74) is 2.59. The number of imide groups is 1. The Morgan fingerprint density at radius 2 is 1.97 bits per heavy atom. The predicted molar refractivity (Wildman–Crippen MR) is 112 cm³/mol. The summed E-state index contributed by atoms with van der Waals surface area (Å²) in [5.74, 6) is 0.840. The Morgan fingerprint density at radius 1 is 1.23 bits per heavy atom. The number of likely N-dealkylation sites (N-methyl/N-ethyl adjacent to an activating group) is 1. The van der Waals surface area contributed by atoms with Crippen molar-refractivity contribution >= 4 is 35.2 Å². The lowest BCUT2D eigenvalue weighted by Gasteiger charge is -2.40. The van der Waals surface area contributed by atoms with Gasteiger partial charge >= 0.3 is 6.03 Å². The summed E-state index contributed by atoms with van der Waals surface area (Å²) in [6.07, 6.45) is -0.287. The van der Waals surface area contributed by atoms with E-state index in [0.717, 1.165) is 17.1 Å². The average Bonchev–Trinajstić information content (AvgIpc) is 3.22. The number of anilines is 1. The zero-order chi connectivity index (χ0) is 21.7. The van der Waals surface area contributed by atoms with Crippen molar-refractivity contribution in [2.24, 2.45) is 4.99 Å². The van der Waals surface area contributed by atoms with E-state index >= 15 is 0 Å². The fourth-order valence-corrected chi connectivity index (χ4v) is 4.40. The largest absolute Gasteiger partial charge is 0.495 e. The lowest BCUT2D eigenvalue weighted by atomic mass is 10.1. The van der Waals surface area contributed by atoms with Crippen LogP contribution in [0.5, 0.6) is 5.75 Å². The van der Waals surface area contributed by atoms with Crippen molar-refractivity contribution < 1.29 is 19.4 Å². The molecular formula is C20H24ClN5O4. The molecule has 1 aromatic rings. The van der Waals surface area contributed by atoms with Crippen molar-refractivity contribution in [2.75, 3.05) is 32.2 Å². The number of nitrogens with zero attached hydrogens (tertiary/aromatic N) is 5. The molecule has 0 saturated carbocycles. The number of benzene rings is 1. The second kappa shape index (κ2) is 7.48. The first kappa shape index (κ1) is 20.5. The van der Waals surface area contributed by atoms with Gasteiger partial charge in [0.25, 0.3) is 5.91 Å². The van der Waals surface area contributed by atoms with Crippen LogP contribution in [0, 0.1) is 0 Å². The van der Waals surface area contributed by atoms with E-state index < -0.39 is 18.2 Å². The number of halogens is 1. The molecule has 0 aliphatic carbocycles. The van der Waals surface area contributed by atoms with Gasteiger partial charge in [0.1, 0.15) is 5.75 Å². The lowest BCUT2D eigenvalue weighted by molar-refractivity contribution is -0.136. The van der Waals surface area contributed by atoms with Crippen LogP contribution in [-0.4, -0.2) is 77.2 Å². The molecule has 0 aromatic heterocycles. The Morgan fingerprint density at radius 3 is 2.60 bits per heavy atom. The van der Waals surface area contributed by atoms with Crippen LogP contribution in [0.3, 0.4) is 0 Å². The molecule has 2 unspecified atom stereocenters. The molecule has 3 heterocycles. The monoisotopic (exact) mass is 433 g/mol. The highest BCUT2D eigenvalue weighted by Crippen LogP contribution is 2.41. The van der Waals surface area contributed by atoms with Crippen LogP contribution < -0.4 is 9.64 Å². The molecule has 3 amide bonds. The van der Waals surface area contributed by atoms with Crippen LogP contribution in [0.2, 0.25) is 5.02 Å².